The van der Waals surface area contributed by atoms with Crippen molar-refractivity contribution in [2.75, 3.05) is 23.7 Å². The van der Waals surface area contributed by atoms with Gasteiger partial charge >= 0.3 is 5.69 Å². The molecule has 2 heterocycles. The van der Waals surface area contributed by atoms with Crippen LogP contribution in [0.4, 0.5) is 17.3 Å². The second kappa shape index (κ2) is 6.60. The van der Waals surface area contributed by atoms with E-state index in [0.29, 0.717) is 11.7 Å². The molecular formula is C16H19N5O2. The van der Waals surface area contributed by atoms with Crippen LogP contribution in [0.5, 0.6) is 0 Å². The molecule has 0 amide bonds. The van der Waals surface area contributed by atoms with Crippen LogP contribution in [-0.2, 0) is 6.42 Å². The Bertz CT molecular complexity index is 684. The van der Waals surface area contributed by atoms with E-state index in [1.54, 1.807) is 0 Å². The average molecular weight is 313 g/mol. The zero-order valence-electron chi connectivity index (χ0n) is 12.8. The summed E-state index contributed by atoms with van der Waals surface area (Å²) in [4.78, 5) is 20.5. The zero-order chi connectivity index (χ0) is 16.2. The van der Waals surface area contributed by atoms with E-state index >= 15 is 0 Å². The van der Waals surface area contributed by atoms with Gasteiger partial charge in [-0.3, -0.25) is 10.1 Å². The van der Waals surface area contributed by atoms with Gasteiger partial charge in [0.2, 0.25) is 11.6 Å². The monoisotopic (exact) mass is 313 g/mol. The maximum absolute atomic E-state index is 11.2. The second-order valence-electron chi connectivity index (χ2n) is 5.81. The first-order valence-corrected chi connectivity index (χ1v) is 7.69. The summed E-state index contributed by atoms with van der Waals surface area (Å²) in [7, 11) is 0. The van der Waals surface area contributed by atoms with Gasteiger partial charge in [-0.25, -0.2) is 9.97 Å². The van der Waals surface area contributed by atoms with Gasteiger partial charge in [-0.1, -0.05) is 30.3 Å². The number of nitrogens with two attached hydrogens (primary N) is 1. The van der Waals surface area contributed by atoms with Gasteiger partial charge in [-0.05, 0) is 30.7 Å². The Labute approximate surface area is 134 Å². The van der Waals surface area contributed by atoms with E-state index in [9.17, 15) is 10.1 Å². The number of nitro groups is 1. The maximum Gasteiger partial charge on any atom is 0.353 e. The molecule has 7 heteroatoms. The van der Waals surface area contributed by atoms with Crippen LogP contribution in [0, 0.1) is 16.0 Å². The summed E-state index contributed by atoms with van der Waals surface area (Å²) in [6.07, 6.45) is 4.29. The number of rotatable bonds is 4. The Morgan fingerprint density at radius 3 is 2.57 bits per heavy atom. The van der Waals surface area contributed by atoms with Gasteiger partial charge < -0.3 is 10.6 Å². The molecule has 0 saturated carbocycles. The zero-order valence-corrected chi connectivity index (χ0v) is 12.8. The highest BCUT2D eigenvalue weighted by Gasteiger charge is 2.28. The molecule has 7 nitrogen and oxygen atoms in total. The minimum absolute atomic E-state index is 0.0774. The van der Waals surface area contributed by atoms with Gasteiger partial charge in [-0.2, -0.15) is 0 Å². The Balaban J connectivity index is 1.68. The van der Waals surface area contributed by atoms with Crippen molar-refractivity contribution < 1.29 is 4.92 Å². The molecule has 0 bridgehead atoms. The van der Waals surface area contributed by atoms with Crippen molar-refractivity contribution in [3.63, 3.8) is 0 Å². The highest BCUT2D eigenvalue weighted by molar-refractivity contribution is 5.68. The Morgan fingerprint density at radius 1 is 1.22 bits per heavy atom. The van der Waals surface area contributed by atoms with Crippen molar-refractivity contribution in [2.24, 2.45) is 5.92 Å². The number of benzene rings is 1. The van der Waals surface area contributed by atoms with Crippen molar-refractivity contribution in [1.29, 1.82) is 0 Å². The predicted octanol–water partition coefficient (Wildman–Crippen LogP) is 2.43. The lowest BCUT2D eigenvalue weighted by molar-refractivity contribution is -0.383. The number of anilines is 2. The van der Waals surface area contributed by atoms with Gasteiger partial charge in [0.05, 0.1) is 4.92 Å². The van der Waals surface area contributed by atoms with E-state index in [1.807, 2.05) is 11.0 Å². The third-order valence-electron chi connectivity index (χ3n) is 4.30. The van der Waals surface area contributed by atoms with Crippen molar-refractivity contribution in [1.82, 2.24) is 9.97 Å². The summed E-state index contributed by atoms with van der Waals surface area (Å²) in [6, 6.07) is 10.4. The molecule has 3 rings (SSSR count). The molecular weight excluding hydrogens is 294 g/mol. The van der Waals surface area contributed by atoms with E-state index in [4.69, 9.17) is 5.73 Å². The fourth-order valence-electron chi connectivity index (χ4n) is 3.09. The molecule has 1 aliphatic heterocycles. The topological polar surface area (TPSA) is 98.2 Å². The molecule has 1 aliphatic rings. The Hall–Kier alpha value is -2.70. The quantitative estimate of drug-likeness (QED) is 0.687. The number of hydrogen-bond donors (Lipinski definition) is 1. The van der Waals surface area contributed by atoms with Crippen LogP contribution >= 0.6 is 0 Å². The van der Waals surface area contributed by atoms with E-state index in [2.05, 4.69) is 34.2 Å². The predicted molar refractivity (Wildman–Crippen MR) is 88.2 cm³/mol. The number of nitrogen functional groups attached to an aromatic ring is 1. The fraction of sp³-hybridized carbons (Fsp3) is 0.375. The molecule has 0 spiro atoms. The molecule has 0 atom stereocenters. The minimum atomic E-state index is -0.499. The van der Waals surface area contributed by atoms with Gasteiger partial charge in [0.25, 0.3) is 0 Å². The maximum atomic E-state index is 11.2. The Kier molecular flexibility index (Phi) is 4.36. The summed E-state index contributed by atoms with van der Waals surface area (Å²) in [5, 5.41) is 11.2. The molecule has 0 aliphatic carbocycles. The number of aromatic nitrogens is 2. The highest BCUT2D eigenvalue weighted by Crippen LogP contribution is 2.33. The van der Waals surface area contributed by atoms with E-state index in [1.165, 1.54) is 11.9 Å². The van der Waals surface area contributed by atoms with Gasteiger partial charge in [-0.15, -0.1) is 0 Å². The first-order valence-electron chi connectivity index (χ1n) is 7.69. The van der Waals surface area contributed by atoms with Crippen LogP contribution in [0.15, 0.2) is 36.7 Å². The van der Waals surface area contributed by atoms with E-state index < -0.39 is 4.92 Å². The molecule has 1 aromatic heterocycles. The van der Waals surface area contributed by atoms with Gasteiger partial charge in [0, 0.05) is 13.1 Å². The van der Waals surface area contributed by atoms with Crippen molar-refractivity contribution in [2.45, 2.75) is 19.3 Å². The third kappa shape index (κ3) is 3.39. The normalized spacial score (nSPS) is 15.6. The van der Waals surface area contributed by atoms with Gasteiger partial charge in [0.1, 0.15) is 6.33 Å². The lowest BCUT2D eigenvalue weighted by atomic mass is 9.90. The van der Waals surface area contributed by atoms with Crippen LogP contribution in [0.25, 0.3) is 0 Å². The summed E-state index contributed by atoms with van der Waals surface area (Å²) < 4.78 is 0. The van der Waals surface area contributed by atoms with Crippen LogP contribution in [-0.4, -0.2) is 28.0 Å². The lowest BCUT2D eigenvalue weighted by Crippen LogP contribution is -2.35. The third-order valence-corrected chi connectivity index (χ3v) is 4.30. The Morgan fingerprint density at radius 2 is 1.91 bits per heavy atom. The van der Waals surface area contributed by atoms with E-state index in [0.717, 1.165) is 32.4 Å². The van der Waals surface area contributed by atoms with E-state index in [-0.39, 0.29) is 11.5 Å². The van der Waals surface area contributed by atoms with Crippen LogP contribution in [0.3, 0.4) is 0 Å². The number of hydrogen-bond acceptors (Lipinski definition) is 6. The first-order chi connectivity index (χ1) is 11.1. The molecule has 1 aromatic carbocycles. The standard InChI is InChI=1S/C16H19N5O2/c17-15-14(21(22)23)16(19-11-18-15)20-8-6-13(7-9-20)10-12-4-2-1-3-5-12/h1-5,11,13H,6-10H2,(H2,17,18,19). The summed E-state index contributed by atoms with van der Waals surface area (Å²) in [5.74, 6) is 0.846. The summed E-state index contributed by atoms with van der Waals surface area (Å²) in [6.45, 7) is 1.49. The van der Waals surface area contributed by atoms with Crippen LogP contribution < -0.4 is 10.6 Å². The van der Waals surface area contributed by atoms with Crippen LogP contribution in [0.2, 0.25) is 0 Å². The average Bonchev–Trinajstić information content (AvgIpc) is 2.56. The van der Waals surface area contributed by atoms with Gasteiger partial charge in [0.15, 0.2) is 0 Å². The van der Waals surface area contributed by atoms with Crippen LogP contribution in [0.1, 0.15) is 18.4 Å². The molecule has 2 aromatic rings. The smallest absolute Gasteiger partial charge is 0.353 e. The SMILES string of the molecule is Nc1ncnc(N2CCC(Cc3ccccc3)CC2)c1[N+](=O)[O-]. The summed E-state index contributed by atoms with van der Waals surface area (Å²) >= 11 is 0. The largest absolute Gasteiger partial charge is 0.378 e. The molecule has 1 fully saturated rings. The molecule has 23 heavy (non-hydrogen) atoms. The minimum Gasteiger partial charge on any atom is -0.378 e. The first kappa shape index (κ1) is 15.2. The van der Waals surface area contributed by atoms with Crippen molar-refractivity contribution in [3.05, 3.63) is 52.3 Å². The highest BCUT2D eigenvalue weighted by atomic mass is 16.6. The summed E-state index contributed by atoms with van der Waals surface area (Å²) in [5.41, 5.74) is 6.79. The molecule has 0 unspecified atom stereocenters. The molecule has 1 saturated heterocycles. The number of piperidine rings is 1. The molecule has 2 N–H and O–H groups in total. The second-order valence-corrected chi connectivity index (χ2v) is 5.81. The molecule has 0 radical (unpaired) electrons. The van der Waals surface area contributed by atoms with Crippen molar-refractivity contribution in [3.8, 4) is 0 Å². The fourth-order valence-corrected chi connectivity index (χ4v) is 3.09. The molecule has 120 valence electrons. The van der Waals surface area contributed by atoms with Crippen molar-refractivity contribution >= 4 is 17.3 Å². The number of nitrogens with zero attached hydrogens (tertiary/aromatic N) is 4. The lowest BCUT2D eigenvalue weighted by Gasteiger charge is -2.32.